The molecule has 1 amide bonds. The molecule has 2 N–H and O–H groups in total. The van der Waals surface area contributed by atoms with Gasteiger partial charge in [-0.1, -0.05) is 48.9 Å². The first kappa shape index (κ1) is 21.3. The predicted molar refractivity (Wildman–Crippen MR) is 119 cm³/mol. The van der Waals surface area contributed by atoms with Crippen molar-refractivity contribution in [1.29, 1.82) is 0 Å². The third-order valence-electron chi connectivity index (χ3n) is 6.08. The van der Waals surface area contributed by atoms with Crippen LogP contribution in [0, 0.1) is 30.6 Å². The molecule has 2 aliphatic rings. The Morgan fingerprint density at radius 2 is 1.81 bits per heavy atom. The van der Waals surface area contributed by atoms with Gasteiger partial charge in [0.15, 0.2) is 0 Å². The van der Waals surface area contributed by atoms with Gasteiger partial charge in [0.05, 0.1) is 18.4 Å². The van der Waals surface area contributed by atoms with Crippen LogP contribution >= 0.6 is 11.3 Å². The Morgan fingerprint density at radius 3 is 2.45 bits per heavy atom. The zero-order valence-electron chi connectivity index (χ0n) is 17.5. The molecule has 4 rings (SSSR count). The van der Waals surface area contributed by atoms with Crippen LogP contribution in [0.5, 0.6) is 0 Å². The van der Waals surface area contributed by atoms with Crippen LogP contribution in [0.3, 0.4) is 0 Å². The minimum absolute atomic E-state index is 0.0851. The average Bonchev–Trinajstić information content (AvgIpc) is 3.47. The number of allylic oxidation sites excluding steroid dienone is 2. The maximum Gasteiger partial charge on any atom is 0.341 e. The summed E-state index contributed by atoms with van der Waals surface area (Å²) in [5, 5.41) is 14.7. The van der Waals surface area contributed by atoms with Crippen molar-refractivity contribution in [3.8, 4) is 11.1 Å². The second kappa shape index (κ2) is 8.67. The number of thiophene rings is 1. The fourth-order valence-corrected chi connectivity index (χ4v) is 5.54. The van der Waals surface area contributed by atoms with Crippen LogP contribution < -0.4 is 5.32 Å². The fourth-order valence-electron chi connectivity index (χ4n) is 4.58. The molecule has 1 heterocycles. The molecular formula is C24H25NO5S. The Bertz CT molecular complexity index is 1040. The van der Waals surface area contributed by atoms with Gasteiger partial charge in [0, 0.05) is 10.9 Å². The lowest BCUT2D eigenvalue weighted by Crippen LogP contribution is -2.36. The zero-order chi connectivity index (χ0) is 22.1. The normalized spacial score (nSPS) is 23.7. The van der Waals surface area contributed by atoms with Crippen LogP contribution in [0.1, 0.15) is 35.7 Å². The number of amides is 1. The van der Waals surface area contributed by atoms with Crippen LogP contribution in [0.25, 0.3) is 11.1 Å². The van der Waals surface area contributed by atoms with Crippen LogP contribution in [0.2, 0.25) is 0 Å². The van der Waals surface area contributed by atoms with E-state index in [2.05, 4.69) is 5.32 Å². The molecule has 0 spiro atoms. The van der Waals surface area contributed by atoms with Crippen molar-refractivity contribution in [3.63, 3.8) is 0 Å². The first-order valence-electron chi connectivity index (χ1n) is 10.5. The van der Waals surface area contributed by atoms with Gasteiger partial charge in [-0.3, -0.25) is 9.59 Å². The zero-order valence-corrected chi connectivity index (χ0v) is 18.3. The van der Waals surface area contributed by atoms with E-state index in [-0.39, 0.29) is 24.3 Å². The number of carboxylic acid groups (broad SMARTS) is 1. The van der Waals surface area contributed by atoms with Gasteiger partial charge < -0.3 is 15.2 Å². The number of esters is 1. The van der Waals surface area contributed by atoms with Gasteiger partial charge in [-0.2, -0.15) is 0 Å². The van der Waals surface area contributed by atoms with E-state index in [1.807, 2.05) is 55.6 Å². The van der Waals surface area contributed by atoms with E-state index in [4.69, 9.17) is 4.74 Å². The Morgan fingerprint density at radius 1 is 1.13 bits per heavy atom. The van der Waals surface area contributed by atoms with Gasteiger partial charge in [0.2, 0.25) is 5.91 Å². The summed E-state index contributed by atoms with van der Waals surface area (Å²) in [4.78, 5) is 37.8. The summed E-state index contributed by atoms with van der Waals surface area (Å²) in [6, 6.07) is 7.79. The summed E-state index contributed by atoms with van der Waals surface area (Å²) in [7, 11) is 0. The lowest BCUT2D eigenvalue weighted by Gasteiger charge is -2.23. The molecular weight excluding hydrogens is 414 g/mol. The molecule has 2 bridgehead atoms. The van der Waals surface area contributed by atoms with E-state index in [1.54, 1.807) is 0 Å². The van der Waals surface area contributed by atoms with E-state index in [0.717, 1.165) is 11.1 Å². The minimum Gasteiger partial charge on any atom is -0.481 e. The second-order valence-electron chi connectivity index (χ2n) is 8.18. The van der Waals surface area contributed by atoms with Crippen molar-refractivity contribution < 1.29 is 24.2 Å². The monoisotopic (exact) mass is 439 g/mol. The van der Waals surface area contributed by atoms with Crippen molar-refractivity contribution in [2.45, 2.75) is 26.7 Å². The van der Waals surface area contributed by atoms with Crippen molar-refractivity contribution in [1.82, 2.24) is 0 Å². The highest BCUT2D eigenvalue weighted by molar-refractivity contribution is 7.15. The maximum absolute atomic E-state index is 13.1. The number of nitrogens with one attached hydrogen (secondary N) is 1. The molecule has 31 heavy (non-hydrogen) atoms. The standard InChI is InChI=1S/C24H25NO5S/c1-3-10-30-24(29)20-17(14-6-4-13(2)5-7-14)12-31-22(20)25-21(26)18-15-8-9-16(11-15)19(18)23(27)28/h4-9,12,15-16,18-19H,3,10-11H2,1-2H3,(H,25,26)(H,27,28). The summed E-state index contributed by atoms with van der Waals surface area (Å²) in [6.45, 7) is 4.19. The van der Waals surface area contributed by atoms with Crippen molar-refractivity contribution in [2.75, 3.05) is 11.9 Å². The molecule has 2 aliphatic carbocycles. The highest BCUT2D eigenvalue weighted by atomic mass is 32.1. The third-order valence-corrected chi connectivity index (χ3v) is 6.97. The van der Waals surface area contributed by atoms with Crippen LogP contribution in [0.4, 0.5) is 5.00 Å². The summed E-state index contributed by atoms with van der Waals surface area (Å²) in [6.07, 6.45) is 5.22. The number of hydrogen-bond donors (Lipinski definition) is 2. The first-order chi connectivity index (χ1) is 14.9. The van der Waals surface area contributed by atoms with Gasteiger partial charge in [-0.15, -0.1) is 11.3 Å². The number of hydrogen-bond acceptors (Lipinski definition) is 5. The molecule has 0 radical (unpaired) electrons. The van der Waals surface area contributed by atoms with Gasteiger partial charge in [0.25, 0.3) is 0 Å². The number of ether oxygens (including phenoxy) is 1. The molecule has 0 aliphatic heterocycles. The Balaban J connectivity index is 1.65. The van der Waals surface area contributed by atoms with Crippen LogP contribution in [0.15, 0.2) is 41.8 Å². The molecule has 4 atom stereocenters. The summed E-state index contributed by atoms with van der Waals surface area (Å²) in [5.74, 6) is -3.37. The number of rotatable bonds is 7. The number of aryl methyl sites for hydroxylation is 1. The van der Waals surface area contributed by atoms with E-state index >= 15 is 0 Å². The van der Waals surface area contributed by atoms with Gasteiger partial charge in [-0.25, -0.2) is 4.79 Å². The summed E-state index contributed by atoms with van der Waals surface area (Å²) < 4.78 is 5.39. The van der Waals surface area contributed by atoms with Crippen LogP contribution in [-0.2, 0) is 14.3 Å². The molecule has 2 aromatic rings. The van der Waals surface area contributed by atoms with E-state index in [9.17, 15) is 19.5 Å². The van der Waals surface area contributed by atoms with E-state index in [1.165, 1.54) is 11.3 Å². The number of fused-ring (bicyclic) bond motifs is 2. The molecule has 7 heteroatoms. The molecule has 6 nitrogen and oxygen atoms in total. The molecule has 162 valence electrons. The highest BCUT2D eigenvalue weighted by Crippen LogP contribution is 2.49. The number of carboxylic acids is 1. The number of carbonyl (C=O) groups excluding carboxylic acids is 2. The van der Waals surface area contributed by atoms with E-state index in [0.29, 0.717) is 29.0 Å². The molecule has 0 saturated heterocycles. The largest absolute Gasteiger partial charge is 0.481 e. The molecule has 1 aromatic heterocycles. The highest BCUT2D eigenvalue weighted by Gasteiger charge is 2.51. The Labute approximate surface area is 184 Å². The van der Waals surface area contributed by atoms with Crippen molar-refractivity contribution >= 4 is 34.2 Å². The molecule has 1 aromatic carbocycles. The Hall–Kier alpha value is -2.93. The molecule has 1 fully saturated rings. The third kappa shape index (κ3) is 4.02. The fraction of sp³-hybridized carbons (Fsp3) is 0.375. The number of anilines is 1. The molecule has 4 unspecified atom stereocenters. The quantitative estimate of drug-likeness (QED) is 0.480. The summed E-state index contributed by atoms with van der Waals surface area (Å²) in [5.41, 5.74) is 2.98. The predicted octanol–water partition coefficient (Wildman–Crippen LogP) is 4.75. The number of aliphatic carboxylic acids is 1. The average molecular weight is 440 g/mol. The lowest BCUT2D eigenvalue weighted by molar-refractivity contribution is -0.146. The topological polar surface area (TPSA) is 92.7 Å². The number of benzene rings is 1. The van der Waals surface area contributed by atoms with Gasteiger partial charge in [0.1, 0.15) is 10.6 Å². The summed E-state index contributed by atoms with van der Waals surface area (Å²) >= 11 is 1.26. The van der Waals surface area contributed by atoms with Crippen LogP contribution in [-0.4, -0.2) is 29.6 Å². The van der Waals surface area contributed by atoms with Crippen molar-refractivity contribution in [3.05, 3.63) is 52.9 Å². The first-order valence-corrected chi connectivity index (χ1v) is 11.4. The van der Waals surface area contributed by atoms with Gasteiger partial charge in [-0.05, 0) is 37.2 Å². The van der Waals surface area contributed by atoms with Crippen molar-refractivity contribution in [2.24, 2.45) is 23.7 Å². The second-order valence-corrected chi connectivity index (χ2v) is 9.06. The van der Waals surface area contributed by atoms with Gasteiger partial charge >= 0.3 is 11.9 Å². The minimum atomic E-state index is -0.953. The number of carbonyl (C=O) groups is 3. The smallest absolute Gasteiger partial charge is 0.341 e. The SMILES string of the molecule is CCCOC(=O)c1c(-c2ccc(C)cc2)csc1NC(=O)C1C2C=CC(C2)C1C(=O)O. The Kier molecular flexibility index (Phi) is 5.96. The van der Waals surface area contributed by atoms with E-state index < -0.39 is 23.8 Å². The molecule has 1 saturated carbocycles. The lowest BCUT2D eigenvalue weighted by atomic mass is 9.82. The maximum atomic E-state index is 13.1.